The van der Waals surface area contributed by atoms with Crippen LogP contribution in [-0.2, 0) is 9.53 Å². The molecule has 1 N–H and O–H groups in total. The highest BCUT2D eigenvalue weighted by atomic mass is 16.5. The molecule has 3 heteroatoms. The van der Waals surface area contributed by atoms with Crippen molar-refractivity contribution in [1.29, 1.82) is 0 Å². The van der Waals surface area contributed by atoms with E-state index in [0.717, 1.165) is 12.0 Å². The van der Waals surface area contributed by atoms with Crippen LogP contribution in [0, 0.1) is 5.92 Å². The van der Waals surface area contributed by atoms with Crippen molar-refractivity contribution in [2.45, 2.75) is 58.0 Å². The van der Waals surface area contributed by atoms with Gasteiger partial charge in [-0.25, -0.2) is 4.79 Å². The molecule has 0 amide bonds. The normalized spacial score (nSPS) is 23.5. The van der Waals surface area contributed by atoms with Gasteiger partial charge < -0.3 is 4.74 Å². The number of carbonyl (C=O) groups excluding carboxylic acids is 1. The molecular formula is C18H27NO2. The molecule has 1 aliphatic carbocycles. The second-order valence-corrected chi connectivity index (χ2v) is 5.82. The molecule has 3 atom stereocenters. The van der Waals surface area contributed by atoms with Gasteiger partial charge in [0.15, 0.2) is 0 Å². The molecule has 21 heavy (non-hydrogen) atoms. The van der Waals surface area contributed by atoms with Crippen LogP contribution in [0.2, 0.25) is 0 Å². The molecule has 0 saturated heterocycles. The van der Waals surface area contributed by atoms with E-state index < -0.39 is 0 Å². The smallest absolute Gasteiger partial charge is 0.327 e. The highest BCUT2D eigenvalue weighted by Crippen LogP contribution is 2.29. The summed E-state index contributed by atoms with van der Waals surface area (Å²) in [5.41, 5.74) is 0.997. The van der Waals surface area contributed by atoms with Crippen molar-refractivity contribution in [3.63, 3.8) is 0 Å². The van der Waals surface area contributed by atoms with Gasteiger partial charge in [0.05, 0.1) is 6.61 Å². The minimum atomic E-state index is -0.344. The summed E-state index contributed by atoms with van der Waals surface area (Å²) in [4.78, 5) is 12.3. The van der Waals surface area contributed by atoms with Gasteiger partial charge in [-0.05, 0) is 31.2 Å². The fraction of sp³-hybridized carbons (Fsp3) is 0.611. The van der Waals surface area contributed by atoms with Crippen LogP contribution in [-0.4, -0.2) is 18.6 Å². The Morgan fingerprint density at radius 3 is 2.62 bits per heavy atom. The van der Waals surface area contributed by atoms with Crippen LogP contribution in [0.3, 0.4) is 0 Å². The molecule has 3 unspecified atom stereocenters. The van der Waals surface area contributed by atoms with Crippen LogP contribution >= 0.6 is 0 Å². The number of hydrogen-bond acceptors (Lipinski definition) is 3. The summed E-state index contributed by atoms with van der Waals surface area (Å²) in [6, 6.07) is 9.99. The SMILES string of the molecule is CCOC(=O)C(NC1CCCCC1CC)c1ccccc1. The Hall–Kier alpha value is -1.35. The van der Waals surface area contributed by atoms with Crippen LogP contribution in [0.1, 0.15) is 57.6 Å². The van der Waals surface area contributed by atoms with E-state index in [9.17, 15) is 4.79 Å². The molecule has 1 fully saturated rings. The summed E-state index contributed by atoms with van der Waals surface area (Å²) < 4.78 is 5.27. The fourth-order valence-electron chi connectivity index (χ4n) is 3.30. The molecule has 1 saturated carbocycles. The van der Waals surface area contributed by atoms with Crippen LogP contribution in [0.4, 0.5) is 0 Å². The van der Waals surface area contributed by atoms with Crippen molar-refractivity contribution in [2.75, 3.05) is 6.61 Å². The molecule has 0 spiro atoms. The molecule has 1 aromatic rings. The number of esters is 1. The molecule has 0 bridgehead atoms. The molecular weight excluding hydrogens is 262 g/mol. The fourth-order valence-corrected chi connectivity index (χ4v) is 3.30. The maximum absolute atomic E-state index is 12.3. The first kappa shape index (κ1) is 16.0. The molecule has 0 radical (unpaired) electrons. The number of rotatable bonds is 6. The molecule has 116 valence electrons. The average Bonchev–Trinajstić information content (AvgIpc) is 2.54. The summed E-state index contributed by atoms with van der Waals surface area (Å²) in [7, 11) is 0. The highest BCUT2D eigenvalue weighted by Gasteiger charge is 2.30. The highest BCUT2D eigenvalue weighted by molar-refractivity contribution is 5.77. The molecule has 0 heterocycles. The lowest BCUT2D eigenvalue weighted by Gasteiger charge is -2.34. The largest absolute Gasteiger partial charge is 0.465 e. The third-order valence-electron chi connectivity index (χ3n) is 4.47. The number of carbonyl (C=O) groups is 1. The first-order chi connectivity index (χ1) is 10.3. The van der Waals surface area contributed by atoms with Gasteiger partial charge in [-0.1, -0.05) is 56.5 Å². The summed E-state index contributed by atoms with van der Waals surface area (Å²) in [5, 5.41) is 3.58. The Bertz CT molecular complexity index is 432. The van der Waals surface area contributed by atoms with E-state index >= 15 is 0 Å². The van der Waals surface area contributed by atoms with E-state index in [2.05, 4.69) is 12.2 Å². The molecule has 0 aromatic heterocycles. The summed E-state index contributed by atoms with van der Waals surface area (Å²) in [5.74, 6) is 0.503. The van der Waals surface area contributed by atoms with Gasteiger partial charge in [-0.2, -0.15) is 0 Å². The maximum atomic E-state index is 12.3. The lowest BCUT2D eigenvalue weighted by molar-refractivity contribution is -0.146. The van der Waals surface area contributed by atoms with E-state index in [1.54, 1.807) is 0 Å². The van der Waals surface area contributed by atoms with E-state index in [1.807, 2.05) is 37.3 Å². The quantitative estimate of drug-likeness (QED) is 0.808. The first-order valence-electron chi connectivity index (χ1n) is 8.23. The molecule has 1 aliphatic rings. The monoisotopic (exact) mass is 289 g/mol. The molecule has 0 aliphatic heterocycles. The Morgan fingerprint density at radius 1 is 1.24 bits per heavy atom. The number of ether oxygens (including phenoxy) is 1. The lowest BCUT2D eigenvalue weighted by Crippen LogP contribution is -2.43. The lowest BCUT2D eigenvalue weighted by atomic mass is 9.82. The van der Waals surface area contributed by atoms with Crippen LogP contribution in [0.5, 0.6) is 0 Å². The van der Waals surface area contributed by atoms with Gasteiger partial charge in [0, 0.05) is 6.04 Å². The van der Waals surface area contributed by atoms with Gasteiger partial charge in [0.2, 0.25) is 0 Å². The predicted octanol–water partition coefficient (Wildman–Crippen LogP) is 3.85. The van der Waals surface area contributed by atoms with Gasteiger partial charge in [0.1, 0.15) is 6.04 Å². The zero-order valence-corrected chi connectivity index (χ0v) is 13.2. The van der Waals surface area contributed by atoms with Crippen molar-refractivity contribution in [3.8, 4) is 0 Å². The van der Waals surface area contributed by atoms with Crippen molar-refractivity contribution in [2.24, 2.45) is 5.92 Å². The Kier molecular flexibility index (Phi) is 6.24. The van der Waals surface area contributed by atoms with Crippen LogP contribution in [0.25, 0.3) is 0 Å². The van der Waals surface area contributed by atoms with Gasteiger partial charge in [0.25, 0.3) is 0 Å². The van der Waals surface area contributed by atoms with Gasteiger partial charge >= 0.3 is 5.97 Å². The second kappa shape index (κ2) is 8.18. The van der Waals surface area contributed by atoms with Crippen molar-refractivity contribution in [1.82, 2.24) is 5.32 Å². The van der Waals surface area contributed by atoms with E-state index in [4.69, 9.17) is 4.74 Å². The number of benzene rings is 1. The standard InChI is InChI=1S/C18H27NO2/c1-3-14-10-8-9-13-16(14)19-17(18(20)21-4-2)15-11-6-5-7-12-15/h5-7,11-12,14,16-17,19H,3-4,8-10,13H2,1-2H3. The zero-order valence-electron chi connectivity index (χ0n) is 13.2. The third kappa shape index (κ3) is 4.31. The van der Waals surface area contributed by atoms with Crippen LogP contribution in [0.15, 0.2) is 30.3 Å². The summed E-state index contributed by atoms with van der Waals surface area (Å²) in [6.45, 7) is 4.52. The van der Waals surface area contributed by atoms with Gasteiger partial charge in [-0.15, -0.1) is 0 Å². The maximum Gasteiger partial charge on any atom is 0.327 e. The predicted molar refractivity (Wildman–Crippen MR) is 85.0 cm³/mol. The topological polar surface area (TPSA) is 38.3 Å². The molecule has 1 aromatic carbocycles. The van der Waals surface area contributed by atoms with Crippen molar-refractivity contribution >= 4 is 5.97 Å². The number of nitrogens with one attached hydrogen (secondary N) is 1. The van der Waals surface area contributed by atoms with Gasteiger partial charge in [-0.3, -0.25) is 5.32 Å². The Morgan fingerprint density at radius 2 is 1.95 bits per heavy atom. The summed E-state index contributed by atoms with van der Waals surface area (Å²) >= 11 is 0. The minimum Gasteiger partial charge on any atom is -0.465 e. The Balaban J connectivity index is 2.13. The van der Waals surface area contributed by atoms with Crippen molar-refractivity contribution in [3.05, 3.63) is 35.9 Å². The van der Waals surface area contributed by atoms with E-state index in [0.29, 0.717) is 18.6 Å². The summed E-state index contributed by atoms with van der Waals surface area (Å²) in [6.07, 6.45) is 6.15. The van der Waals surface area contributed by atoms with Crippen molar-refractivity contribution < 1.29 is 9.53 Å². The van der Waals surface area contributed by atoms with E-state index in [1.165, 1.54) is 25.7 Å². The van der Waals surface area contributed by atoms with Crippen LogP contribution < -0.4 is 5.32 Å². The molecule has 3 nitrogen and oxygen atoms in total. The second-order valence-electron chi connectivity index (χ2n) is 5.82. The zero-order chi connectivity index (χ0) is 15.1. The minimum absolute atomic E-state index is 0.163. The average molecular weight is 289 g/mol. The van der Waals surface area contributed by atoms with E-state index in [-0.39, 0.29) is 12.0 Å². The Labute approximate surface area is 128 Å². The number of hydrogen-bond donors (Lipinski definition) is 1. The molecule has 2 rings (SSSR count). The first-order valence-corrected chi connectivity index (χ1v) is 8.23. The third-order valence-corrected chi connectivity index (χ3v) is 4.47.